The summed E-state index contributed by atoms with van der Waals surface area (Å²) < 4.78 is 29.0. The number of rotatable bonds is 3. The van der Waals surface area contributed by atoms with Crippen molar-refractivity contribution in [2.75, 3.05) is 7.11 Å². The van der Waals surface area contributed by atoms with Crippen molar-refractivity contribution < 1.29 is 40.9 Å². The Bertz CT molecular complexity index is 317. The van der Waals surface area contributed by atoms with Crippen LogP contribution >= 0.6 is 0 Å². The van der Waals surface area contributed by atoms with E-state index in [9.17, 15) is 4.79 Å². The minimum Gasteiger partial charge on any atom is -0.468 e. The van der Waals surface area contributed by atoms with Gasteiger partial charge in [-0.1, -0.05) is 30.3 Å². The average molecular weight is 355 g/mol. The fraction of sp³-hybridized carbons (Fsp3) is 0.300. The van der Waals surface area contributed by atoms with Gasteiger partial charge in [-0.15, -0.1) is 0 Å². The number of halogens is 1. The van der Waals surface area contributed by atoms with Crippen LogP contribution in [-0.2, 0) is 16.0 Å². The molecule has 0 aliphatic rings. The van der Waals surface area contributed by atoms with E-state index < -0.39 is 27.1 Å². The highest BCUT2D eigenvalue weighted by atomic mass is 127. The monoisotopic (exact) mass is 355 g/mol. The summed E-state index contributed by atoms with van der Waals surface area (Å²) >= 11 is -3.76. The molecule has 0 amide bonds. The number of nitrogens with two attached hydrogens (primary N) is 1. The quantitative estimate of drug-likeness (QED) is 0.413. The summed E-state index contributed by atoms with van der Waals surface area (Å²) in [6.45, 7) is 0. The first-order valence-electron chi connectivity index (χ1n) is 4.59. The Morgan fingerprint density at radius 2 is 1.94 bits per heavy atom. The van der Waals surface area contributed by atoms with E-state index in [1.54, 1.807) is 0 Å². The highest BCUT2D eigenvalue weighted by Gasteiger charge is 2.13. The summed E-state index contributed by atoms with van der Waals surface area (Å²) in [5.41, 5.74) is 6.63. The van der Waals surface area contributed by atoms with Gasteiger partial charge in [0.05, 0.1) is 7.11 Å². The Labute approximate surface area is 108 Å². The zero-order chi connectivity index (χ0) is 13.3. The van der Waals surface area contributed by atoms with Gasteiger partial charge in [0, 0.05) is 0 Å². The maximum Gasteiger partial charge on any atom is 0.503 e. The molecule has 1 aromatic carbocycles. The molecular weight excluding hydrogens is 341 g/mol. The number of esters is 1. The molecular formula is C10H14INO5. The first-order chi connectivity index (χ1) is 7.97. The largest absolute Gasteiger partial charge is 0.503 e. The van der Waals surface area contributed by atoms with Crippen LogP contribution in [0.2, 0.25) is 0 Å². The van der Waals surface area contributed by atoms with Crippen LogP contribution in [0.15, 0.2) is 30.3 Å². The molecule has 0 fully saturated rings. The lowest BCUT2D eigenvalue weighted by Gasteiger charge is -2.08. The molecule has 0 unspecified atom stereocenters. The topological polar surface area (TPSA) is 119 Å². The van der Waals surface area contributed by atoms with Crippen LogP contribution in [0.4, 0.5) is 0 Å². The van der Waals surface area contributed by atoms with E-state index in [-0.39, 0.29) is 5.97 Å². The summed E-state index contributed by atoms with van der Waals surface area (Å²) in [7, 11) is 1.34. The van der Waals surface area contributed by atoms with Crippen LogP contribution < -0.4 is 33.7 Å². The molecule has 1 aromatic rings. The van der Waals surface area contributed by atoms with Crippen molar-refractivity contribution in [2.45, 2.75) is 12.5 Å². The molecule has 0 heterocycles. The Morgan fingerprint density at radius 3 is 2.35 bits per heavy atom. The Morgan fingerprint density at radius 1 is 1.47 bits per heavy atom. The highest BCUT2D eigenvalue weighted by Crippen LogP contribution is 2.02. The van der Waals surface area contributed by atoms with Gasteiger partial charge in [0.1, 0.15) is 6.04 Å². The van der Waals surface area contributed by atoms with Crippen LogP contribution in [0.1, 0.15) is 5.56 Å². The van der Waals surface area contributed by atoms with Crippen molar-refractivity contribution in [2.24, 2.45) is 5.73 Å². The SMILES string of the molecule is COC(=O)[C@@H](N)Cc1ccccc1.[O-][I+2]([O-])O. The molecule has 0 bridgehead atoms. The van der Waals surface area contributed by atoms with E-state index in [1.165, 1.54) is 7.11 Å². The van der Waals surface area contributed by atoms with Gasteiger partial charge in [0.2, 0.25) is 0 Å². The van der Waals surface area contributed by atoms with Crippen molar-refractivity contribution in [3.05, 3.63) is 35.9 Å². The fourth-order valence-electron chi connectivity index (χ4n) is 1.10. The summed E-state index contributed by atoms with van der Waals surface area (Å²) in [6, 6.07) is 9.06. The first kappa shape index (κ1) is 16.3. The van der Waals surface area contributed by atoms with Crippen LogP contribution in [0.5, 0.6) is 0 Å². The summed E-state index contributed by atoms with van der Waals surface area (Å²) in [4.78, 5) is 11.0. The average Bonchev–Trinajstić information content (AvgIpc) is 2.28. The third-order valence-corrected chi connectivity index (χ3v) is 1.80. The predicted molar refractivity (Wildman–Crippen MR) is 52.4 cm³/mol. The molecule has 0 radical (unpaired) electrons. The molecule has 7 heteroatoms. The Kier molecular flexibility index (Phi) is 8.90. The van der Waals surface area contributed by atoms with Gasteiger partial charge >= 0.3 is 27.0 Å². The van der Waals surface area contributed by atoms with E-state index in [0.717, 1.165) is 5.56 Å². The number of hydrogen-bond donors (Lipinski definition) is 2. The number of hydrogen-bond acceptors (Lipinski definition) is 6. The van der Waals surface area contributed by atoms with E-state index in [0.29, 0.717) is 6.42 Å². The first-order valence-corrected chi connectivity index (χ1v) is 7.32. The zero-order valence-electron chi connectivity index (χ0n) is 9.21. The standard InChI is InChI=1S/C10H13NO2.HIO3/c1-13-10(12)9(11)7-8-5-3-2-4-6-8;2-1(3)4/h2-6,9H,7,11H2,1H3;2H/t9-;/m0./s1. The van der Waals surface area contributed by atoms with E-state index in [2.05, 4.69) is 4.74 Å². The van der Waals surface area contributed by atoms with Crippen molar-refractivity contribution in [3.63, 3.8) is 0 Å². The normalized spacial score (nSPS) is 11.4. The Hall–Kier alpha value is -0.740. The molecule has 96 valence electrons. The van der Waals surface area contributed by atoms with Crippen LogP contribution in [-0.4, -0.2) is 22.6 Å². The fourth-order valence-corrected chi connectivity index (χ4v) is 1.10. The minimum atomic E-state index is -3.76. The lowest BCUT2D eigenvalue weighted by molar-refractivity contribution is -1.63. The van der Waals surface area contributed by atoms with E-state index in [4.69, 9.17) is 16.0 Å². The van der Waals surface area contributed by atoms with E-state index >= 15 is 0 Å². The molecule has 0 saturated carbocycles. The van der Waals surface area contributed by atoms with Gasteiger partial charge in [-0.2, -0.15) is 0 Å². The molecule has 6 nitrogen and oxygen atoms in total. The summed E-state index contributed by atoms with van der Waals surface area (Å²) in [5.74, 6) is -0.371. The molecule has 0 spiro atoms. The molecule has 0 aromatic heterocycles. The number of ether oxygens (including phenoxy) is 1. The summed E-state index contributed by atoms with van der Waals surface area (Å²) in [5, 5.41) is 0. The molecule has 1 atom stereocenters. The lowest BCUT2D eigenvalue weighted by Crippen LogP contribution is -3.98. The highest BCUT2D eigenvalue weighted by molar-refractivity contribution is 5.75. The van der Waals surface area contributed by atoms with Gasteiger partial charge in [-0.3, -0.25) is 4.79 Å². The smallest absolute Gasteiger partial charge is 0.468 e. The number of carbonyl (C=O) groups excluding carboxylic acids is 1. The van der Waals surface area contributed by atoms with Crippen LogP contribution in [0.25, 0.3) is 0 Å². The lowest BCUT2D eigenvalue weighted by atomic mass is 10.1. The van der Waals surface area contributed by atoms with Crippen molar-refractivity contribution in [1.29, 1.82) is 0 Å². The number of benzene rings is 1. The molecule has 0 saturated heterocycles. The van der Waals surface area contributed by atoms with E-state index in [1.807, 2.05) is 30.3 Å². The molecule has 0 aliphatic carbocycles. The maximum atomic E-state index is 11.0. The van der Waals surface area contributed by atoms with Crippen molar-refractivity contribution >= 4 is 5.97 Å². The predicted octanol–water partition coefficient (Wildman–Crippen LogP) is -5.20. The second kappa shape index (κ2) is 9.31. The molecule has 0 aliphatic heterocycles. The summed E-state index contributed by atoms with van der Waals surface area (Å²) in [6.07, 6.45) is 0.521. The van der Waals surface area contributed by atoms with Crippen LogP contribution in [0, 0.1) is 0 Å². The van der Waals surface area contributed by atoms with Gasteiger partial charge in [-0.25, -0.2) is 0 Å². The molecule has 17 heavy (non-hydrogen) atoms. The molecule has 1 rings (SSSR count). The van der Waals surface area contributed by atoms with Gasteiger partial charge in [0.25, 0.3) is 0 Å². The van der Waals surface area contributed by atoms with Crippen molar-refractivity contribution in [3.8, 4) is 0 Å². The maximum absolute atomic E-state index is 11.0. The minimum absolute atomic E-state index is 0.371. The molecule has 3 N–H and O–H groups in total. The number of carbonyl (C=O) groups is 1. The van der Waals surface area contributed by atoms with Gasteiger partial charge < -0.3 is 17.3 Å². The van der Waals surface area contributed by atoms with Gasteiger partial charge in [-0.05, 0) is 15.4 Å². The Balaban J connectivity index is 0.000000557. The zero-order valence-corrected chi connectivity index (χ0v) is 11.4. The van der Waals surface area contributed by atoms with Crippen molar-refractivity contribution in [1.82, 2.24) is 0 Å². The number of methoxy groups -OCH3 is 1. The third-order valence-electron chi connectivity index (χ3n) is 1.80. The second-order valence-electron chi connectivity index (χ2n) is 3.02. The second-order valence-corrected chi connectivity index (χ2v) is 4.17. The third kappa shape index (κ3) is 9.01. The van der Waals surface area contributed by atoms with Crippen LogP contribution in [0.3, 0.4) is 0 Å². The van der Waals surface area contributed by atoms with Gasteiger partial charge in [0.15, 0.2) is 0 Å².